The van der Waals surface area contributed by atoms with E-state index in [0.717, 1.165) is 8.66 Å². The molecule has 1 heterocycles. The van der Waals surface area contributed by atoms with Gasteiger partial charge in [-0.3, -0.25) is 9.59 Å². The van der Waals surface area contributed by atoms with Crippen molar-refractivity contribution < 1.29 is 14.7 Å². The summed E-state index contributed by atoms with van der Waals surface area (Å²) in [7, 11) is 0. The minimum atomic E-state index is -1.00. The lowest BCUT2D eigenvalue weighted by Crippen LogP contribution is -2.40. The fourth-order valence-corrected chi connectivity index (χ4v) is 3.19. The minimum Gasteiger partial charge on any atom is -0.480 e. The van der Waals surface area contributed by atoms with Gasteiger partial charge in [-0.05, 0) is 42.8 Å². The number of aryl methyl sites for hydroxylation is 1. The molecule has 0 spiro atoms. The van der Waals surface area contributed by atoms with Crippen LogP contribution in [0.2, 0.25) is 0 Å². The van der Waals surface area contributed by atoms with Crippen LogP contribution in [0, 0.1) is 6.92 Å². The Balaban J connectivity index is 2.99. The highest BCUT2D eigenvalue weighted by Crippen LogP contribution is 2.28. The molecule has 1 rings (SSSR count). The Morgan fingerprint density at radius 2 is 2.12 bits per heavy atom. The normalized spacial score (nSPS) is 10.6. The molecule has 1 aromatic heterocycles. The Kier molecular flexibility index (Phi) is 4.70. The second-order valence-corrected chi connectivity index (χ2v) is 6.54. The van der Waals surface area contributed by atoms with Gasteiger partial charge in [0.15, 0.2) is 0 Å². The molecule has 1 aromatic rings. The highest BCUT2D eigenvalue weighted by molar-refractivity contribution is 9.11. The maximum atomic E-state index is 12.2. The molecule has 0 aliphatic heterocycles. The molecule has 0 radical (unpaired) electrons. The van der Waals surface area contributed by atoms with Crippen LogP contribution in [0.15, 0.2) is 9.85 Å². The Bertz CT molecular complexity index is 442. The number of thiophene rings is 1. The highest BCUT2D eigenvalue weighted by Gasteiger charge is 2.24. The predicted octanol–water partition coefficient (Wildman–Crippen LogP) is 2.75. The molecule has 0 fully saturated rings. The molecular formula is C11H14BrNO3S. The zero-order valence-corrected chi connectivity index (χ0v) is 12.3. The molecule has 0 saturated carbocycles. The molecule has 0 atom stereocenters. The number of nitrogens with zero attached hydrogens (tertiary/aromatic N) is 1. The summed E-state index contributed by atoms with van der Waals surface area (Å²) in [5.74, 6) is -1.26. The number of carbonyl (C=O) groups excluding carboxylic acids is 1. The Labute approximate surface area is 112 Å². The van der Waals surface area contributed by atoms with Gasteiger partial charge in [-0.25, -0.2) is 0 Å². The van der Waals surface area contributed by atoms with Crippen molar-refractivity contribution in [2.45, 2.75) is 26.8 Å². The summed E-state index contributed by atoms with van der Waals surface area (Å²) >= 11 is 4.79. The van der Waals surface area contributed by atoms with Crippen molar-refractivity contribution in [1.82, 2.24) is 4.90 Å². The van der Waals surface area contributed by atoms with E-state index in [1.807, 2.05) is 6.92 Å². The van der Waals surface area contributed by atoms with Crippen molar-refractivity contribution in [3.63, 3.8) is 0 Å². The molecule has 0 aromatic carbocycles. The van der Waals surface area contributed by atoms with Crippen LogP contribution in [0.3, 0.4) is 0 Å². The van der Waals surface area contributed by atoms with Crippen LogP contribution in [0.25, 0.3) is 0 Å². The van der Waals surface area contributed by atoms with Crippen molar-refractivity contribution in [2.24, 2.45) is 0 Å². The van der Waals surface area contributed by atoms with E-state index in [2.05, 4.69) is 15.9 Å². The molecule has 6 heteroatoms. The average molecular weight is 320 g/mol. The zero-order valence-electron chi connectivity index (χ0n) is 9.86. The molecule has 1 N–H and O–H groups in total. The van der Waals surface area contributed by atoms with E-state index in [-0.39, 0.29) is 18.5 Å². The summed E-state index contributed by atoms with van der Waals surface area (Å²) in [6.45, 7) is 5.23. The largest absolute Gasteiger partial charge is 0.480 e. The summed E-state index contributed by atoms with van der Waals surface area (Å²) in [6.07, 6.45) is 0. The highest BCUT2D eigenvalue weighted by atomic mass is 79.9. The first kappa shape index (κ1) is 14.2. The van der Waals surface area contributed by atoms with Gasteiger partial charge < -0.3 is 10.0 Å². The van der Waals surface area contributed by atoms with Gasteiger partial charge >= 0.3 is 5.97 Å². The number of hydrogen-bond donors (Lipinski definition) is 1. The molecule has 0 unspecified atom stereocenters. The van der Waals surface area contributed by atoms with E-state index in [1.54, 1.807) is 19.9 Å². The first-order valence-electron chi connectivity index (χ1n) is 5.11. The second kappa shape index (κ2) is 5.64. The number of carboxylic acids is 1. The van der Waals surface area contributed by atoms with Crippen LogP contribution in [-0.4, -0.2) is 34.5 Å². The number of halogens is 1. The summed E-state index contributed by atoms with van der Waals surface area (Å²) in [6, 6.07) is 1.62. The van der Waals surface area contributed by atoms with Crippen LogP contribution < -0.4 is 0 Å². The molecule has 94 valence electrons. The number of hydrogen-bond acceptors (Lipinski definition) is 3. The van der Waals surface area contributed by atoms with Crippen LogP contribution in [0.4, 0.5) is 0 Å². The lowest BCUT2D eigenvalue weighted by Gasteiger charge is -2.24. The summed E-state index contributed by atoms with van der Waals surface area (Å²) in [4.78, 5) is 25.3. The molecular weight excluding hydrogens is 306 g/mol. The number of rotatable bonds is 4. The zero-order chi connectivity index (χ0) is 13.2. The molecule has 4 nitrogen and oxygen atoms in total. The Hall–Kier alpha value is -0.880. The maximum Gasteiger partial charge on any atom is 0.323 e. The SMILES string of the molecule is Cc1cc(C(=O)N(CC(=O)O)C(C)C)c(Br)s1. The first-order valence-corrected chi connectivity index (χ1v) is 6.72. The number of amides is 1. The summed E-state index contributed by atoms with van der Waals surface area (Å²) < 4.78 is 0.746. The van der Waals surface area contributed by atoms with Crippen LogP contribution in [0.1, 0.15) is 29.1 Å². The molecule has 0 bridgehead atoms. The molecule has 1 amide bonds. The maximum absolute atomic E-state index is 12.2. The van der Waals surface area contributed by atoms with Crippen LogP contribution in [-0.2, 0) is 4.79 Å². The smallest absolute Gasteiger partial charge is 0.323 e. The van der Waals surface area contributed by atoms with Crippen LogP contribution in [0.5, 0.6) is 0 Å². The number of aliphatic carboxylic acids is 1. The van der Waals surface area contributed by atoms with Gasteiger partial charge in [0.25, 0.3) is 5.91 Å². The minimum absolute atomic E-state index is 0.147. The van der Waals surface area contributed by atoms with Gasteiger partial charge in [0.05, 0.1) is 9.35 Å². The summed E-state index contributed by atoms with van der Waals surface area (Å²) in [5.41, 5.74) is 0.530. The van der Waals surface area contributed by atoms with E-state index in [4.69, 9.17) is 5.11 Å². The standard InChI is InChI=1S/C11H14BrNO3S/c1-6(2)13(5-9(14)15)11(16)8-4-7(3)17-10(8)12/h4,6H,5H2,1-3H3,(H,14,15). The molecule has 0 aliphatic carbocycles. The number of carboxylic acid groups (broad SMARTS) is 1. The fraction of sp³-hybridized carbons (Fsp3) is 0.455. The fourth-order valence-electron chi connectivity index (χ4n) is 1.42. The van der Waals surface area contributed by atoms with Gasteiger partial charge in [-0.2, -0.15) is 0 Å². The van der Waals surface area contributed by atoms with Gasteiger partial charge in [0, 0.05) is 10.9 Å². The van der Waals surface area contributed by atoms with Crippen LogP contribution >= 0.6 is 27.3 Å². The average Bonchev–Trinajstić information content (AvgIpc) is 2.52. The Morgan fingerprint density at radius 3 is 2.47 bits per heavy atom. The van der Waals surface area contributed by atoms with Gasteiger partial charge in [-0.1, -0.05) is 0 Å². The van der Waals surface area contributed by atoms with Gasteiger partial charge in [0.1, 0.15) is 6.54 Å². The Morgan fingerprint density at radius 1 is 1.53 bits per heavy atom. The van der Waals surface area contributed by atoms with E-state index >= 15 is 0 Å². The monoisotopic (exact) mass is 319 g/mol. The number of carbonyl (C=O) groups is 2. The van der Waals surface area contributed by atoms with Crippen molar-refractivity contribution in [2.75, 3.05) is 6.54 Å². The molecule has 17 heavy (non-hydrogen) atoms. The van der Waals surface area contributed by atoms with Crippen molar-refractivity contribution in [3.8, 4) is 0 Å². The van der Waals surface area contributed by atoms with E-state index < -0.39 is 5.97 Å². The van der Waals surface area contributed by atoms with Gasteiger partial charge in [-0.15, -0.1) is 11.3 Å². The van der Waals surface area contributed by atoms with Crippen molar-refractivity contribution >= 4 is 39.1 Å². The third-order valence-corrected chi connectivity index (χ3v) is 3.98. The quantitative estimate of drug-likeness (QED) is 0.928. The second-order valence-electron chi connectivity index (χ2n) is 3.96. The predicted molar refractivity (Wildman–Crippen MR) is 70.6 cm³/mol. The topological polar surface area (TPSA) is 57.6 Å². The third kappa shape index (κ3) is 3.54. The van der Waals surface area contributed by atoms with Gasteiger partial charge in [0.2, 0.25) is 0 Å². The first-order chi connectivity index (χ1) is 7.82. The third-order valence-electron chi connectivity index (χ3n) is 2.23. The molecule has 0 aliphatic rings. The van der Waals surface area contributed by atoms with Crippen molar-refractivity contribution in [3.05, 3.63) is 20.3 Å². The lowest BCUT2D eigenvalue weighted by molar-refractivity contribution is -0.138. The van der Waals surface area contributed by atoms with E-state index in [1.165, 1.54) is 16.2 Å². The van der Waals surface area contributed by atoms with E-state index in [0.29, 0.717) is 5.56 Å². The lowest BCUT2D eigenvalue weighted by atomic mass is 10.2. The van der Waals surface area contributed by atoms with E-state index in [9.17, 15) is 9.59 Å². The van der Waals surface area contributed by atoms with Crippen molar-refractivity contribution in [1.29, 1.82) is 0 Å². The molecule has 0 saturated heterocycles. The summed E-state index contributed by atoms with van der Waals surface area (Å²) in [5, 5.41) is 8.80.